The van der Waals surface area contributed by atoms with Crippen molar-refractivity contribution in [3.8, 4) is 0 Å². The zero-order valence-corrected chi connectivity index (χ0v) is 18.5. The Bertz CT molecular complexity index is 321. The third kappa shape index (κ3) is 2.72. The first-order valence-electron chi connectivity index (χ1n) is 4.83. The summed E-state index contributed by atoms with van der Waals surface area (Å²) in [6, 6.07) is 0. The van der Waals surface area contributed by atoms with Crippen molar-refractivity contribution >= 4 is 121 Å². The molecule has 1 saturated carbocycles. The number of hydrogen-bond donors (Lipinski definition) is 0. The Morgan fingerprint density at radius 3 is 0.360 bits per heavy atom. The highest BCUT2D eigenvalue weighted by Crippen LogP contribution is 2.90. The van der Waals surface area contributed by atoms with Gasteiger partial charge in [-0.05, 0) is 0 Å². The Kier molecular flexibility index (Phi) is 10.1. The summed E-state index contributed by atoms with van der Waals surface area (Å²) in [5.41, 5.74) is 0. The van der Waals surface area contributed by atoms with Gasteiger partial charge in [-0.15, -0.1) is 0 Å². The SMILES string of the molecule is FSC1(SF)C(SF)(SF)C(SF)(SF)C(SF)(SF)C1(SF)SF. The summed E-state index contributed by atoms with van der Waals surface area (Å²) < 4.78 is 119. The Hall–Kier alpha value is 2.80. The Balaban J connectivity index is 4.20. The summed E-state index contributed by atoms with van der Waals surface area (Å²) in [5.74, 6) is 0. The van der Waals surface area contributed by atoms with Gasteiger partial charge in [-0.3, -0.25) is 0 Å². The first-order chi connectivity index (χ1) is 11.9. The molecule has 0 aromatic rings. The summed E-state index contributed by atoms with van der Waals surface area (Å²) >= 11 is -14.2. The third-order valence-corrected chi connectivity index (χ3v) is 16.0. The van der Waals surface area contributed by atoms with Gasteiger partial charge in [-0.25, -0.2) is 0 Å². The summed E-state index contributed by atoms with van der Waals surface area (Å²) in [4.78, 5) is 0. The molecular formula is C5F10S10. The van der Waals surface area contributed by atoms with E-state index in [2.05, 4.69) is 0 Å². The first kappa shape index (κ1) is 25.8. The van der Waals surface area contributed by atoms with E-state index in [0.717, 1.165) is 0 Å². The molecule has 0 heterocycles. The molecule has 1 aliphatic carbocycles. The third-order valence-electron chi connectivity index (χ3n) is 3.25. The van der Waals surface area contributed by atoms with Crippen molar-refractivity contribution < 1.29 is 38.9 Å². The lowest BCUT2D eigenvalue weighted by Gasteiger charge is -2.41. The van der Waals surface area contributed by atoms with Crippen LogP contribution in [0.15, 0.2) is 0 Å². The van der Waals surface area contributed by atoms with Crippen LogP contribution < -0.4 is 0 Å². The highest BCUT2D eigenvalue weighted by atomic mass is 32.3. The monoisotopic (exact) mass is 570 g/mol. The maximum Gasteiger partial charge on any atom is 0.186 e. The van der Waals surface area contributed by atoms with Crippen molar-refractivity contribution in [2.24, 2.45) is 0 Å². The quantitative estimate of drug-likeness (QED) is 0.183. The molecule has 0 aromatic carbocycles. The molecule has 0 aliphatic heterocycles. The van der Waals surface area contributed by atoms with E-state index in [1.165, 1.54) is 0 Å². The molecule has 20 heteroatoms. The average molecular weight is 571 g/mol. The van der Waals surface area contributed by atoms with Crippen LogP contribution in [0.5, 0.6) is 0 Å². The van der Waals surface area contributed by atoms with Gasteiger partial charge in [0, 0.05) is 0 Å². The van der Waals surface area contributed by atoms with Gasteiger partial charge in [0.25, 0.3) is 0 Å². The Morgan fingerprint density at radius 1 is 0.240 bits per heavy atom. The smallest absolute Gasteiger partial charge is 0.163 e. The van der Waals surface area contributed by atoms with E-state index in [0.29, 0.717) is 0 Å². The highest BCUT2D eigenvalue weighted by molar-refractivity contribution is 8.31. The van der Waals surface area contributed by atoms with E-state index in [-0.39, 0.29) is 0 Å². The lowest BCUT2D eigenvalue weighted by atomic mass is 10.3. The lowest BCUT2D eigenvalue weighted by molar-refractivity contribution is 0.678. The molecule has 0 saturated heterocycles. The van der Waals surface area contributed by atoms with Crippen LogP contribution in [0, 0.1) is 0 Å². The van der Waals surface area contributed by atoms with Gasteiger partial charge in [-0.1, -0.05) is 0 Å². The fraction of sp³-hybridized carbons (Fsp3) is 1.00. The minimum Gasteiger partial charge on any atom is -0.163 e. The molecule has 150 valence electrons. The van der Waals surface area contributed by atoms with Gasteiger partial charge in [0.15, 0.2) is 20.4 Å². The molecule has 0 amide bonds. The molecule has 0 aromatic heterocycles. The summed E-state index contributed by atoms with van der Waals surface area (Å²) in [5, 5.41) is 0. The van der Waals surface area contributed by atoms with Crippen LogP contribution in [0.4, 0.5) is 38.9 Å². The van der Waals surface area contributed by atoms with Crippen LogP contribution in [-0.2, 0) is 0 Å². The largest absolute Gasteiger partial charge is 0.186 e. The predicted octanol–water partition coefficient (Wildman–Crippen LogP) is 9.66. The minimum absolute atomic E-state index is 1.42. The van der Waals surface area contributed by atoms with Gasteiger partial charge in [-0.2, -0.15) is 38.9 Å². The van der Waals surface area contributed by atoms with Crippen molar-refractivity contribution in [2.45, 2.75) is 20.4 Å². The number of hydrogen-bond acceptors (Lipinski definition) is 10. The molecular weight excluding hydrogens is 571 g/mol. The predicted molar refractivity (Wildman–Crippen MR) is 101 cm³/mol. The minimum atomic E-state index is -3.71. The molecule has 0 radical (unpaired) electrons. The van der Waals surface area contributed by atoms with E-state index in [9.17, 15) is 38.9 Å². The fourth-order valence-corrected chi connectivity index (χ4v) is 12.8. The summed E-state index contributed by atoms with van der Waals surface area (Å²) in [6.07, 6.45) is 0. The first-order valence-corrected chi connectivity index (χ1v) is 12.0. The highest BCUT2D eigenvalue weighted by Gasteiger charge is 2.98. The topological polar surface area (TPSA) is 0 Å². The van der Waals surface area contributed by atoms with E-state index in [1.54, 1.807) is 0 Å². The van der Waals surface area contributed by atoms with E-state index >= 15 is 0 Å². The second-order valence-electron chi connectivity index (χ2n) is 3.85. The second kappa shape index (κ2) is 9.74. The van der Waals surface area contributed by atoms with Crippen LogP contribution in [-0.4, -0.2) is 20.4 Å². The van der Waals surface area contributed by atoms with Gasteiger partial charge in [0.1, 0.15) is 0 Å². The Morgan fingerprint density at radius 2 is 0.320 bits per heavy atom. The molecule has 1 aliphatic rings. The maximum absolute atomic E-state index is 13.7. The number of rotatable bonds is 10. The lowest BCUT2D eigenvalue weighted by Crippen LogP contribution is -2.53. The van der Waals surface area contributed by atoms with Crippen molar-refractivity contribution in [3.05, 3.63) is 0 Å². The van der Waals surface area contributed by atoms with E-state index < -0.39 is 142 Å². The van der Waals surface area contributed by atoms with Crippen LogP contribution >= 0.6 is 121 Å². The van der Waals surface area contributed by atoms with Crippen molar-refractivity contribution in [1.29, 1.82) is 0 Å². The maximum atomic E-state index is 13.7. The standard InChI is InChI=1S/C5F10S10/c6-16-1(17-7)2(18-8,19-9)4(22-12,23-13)5(24-14,25-15)3(1,20-10)21-11. The molecule has 0 nitrogen and oxygen atoms in total. The van der Waals surface area contributed by atoms with E-state index in [4.69, 9.17) is 0 Å². The normalized spacial score (nSPS) is 25.2. The van der Waals surface area contributed by atoms with Gasteiger partial charge in [0.05, 0.1) is 121 Å². The molecule has 25 heavy (non-hydrogen) atoms. The Labute approximate surface area is 179 Å². The van der Waals surface area contributed by atoms with E-state index in [1.807, 2.05) is 0 Å². The molecule has 0 unspecified atom stereocenters. The molecule has 0 spiro atoms. The summed E-state index contributed by atoms with van der Waals surface area (Å²) in [7, 11) is 0. The van der Waals surface area contributed by atoms with Crippen LogP contribution in [0.2, 0.25) is 0 Å². The second-order valence-corrected chi connectivity index (χ2v) is 12.8. The van der Waals surface area contributed by atoms with Gasteiger partial charge in [0.2, 0.25) is 0 Å². The fourth-order valence-electron chi connectivity index (χ4n) is 2.16. The van der Waals surface area contributed by atoms with Gasteiger partial charge < -0.3 is 0 Å². The summed E-state index contributed by atoms with van der Waals surface area (Å²) in [6.45, 7) is 0. The zero-order chi connectivity index (χ0) is 19.6. The van der Waals surface area contributed by atoms with Crippen LogP contribution in [0.25, 0.3) is 0 Å². The molecule has 0 atom stereocenters. The number of halogens is 10. The molecule has 0 bridgehead atoms. The van der Waals surface area contributed by atoms with Crippen LogP contribution in [0.1, 0.15) is 0 Å². The van der Waals surface area contributed by atoms with Crippen molar-refractivity contribution in [3.63, 3.8) is 0 Å². The average Bonchev–Trinajstić information content (AvgIpc) is 2.84. The van der Waals surface area contributed by atoms with Crippen molar-refractivity contribution in [1.82, 2.24) is 0 Å². The van der Waals surface area contributed by atoms with Crippen molar-refractivity contribution in [2.75, 3.05) is 0 Å². The zero-order valence-electron chi connectivity index (χ0n) is 10.4. The van der Waals surface area contributed by atoms with Crippen LogP contribution in [0.3, 0.4) is 0 Å². The molecule has 0 N–H and O–H groups in total. The molecule has 1 rings (SSSR count). The van der Waals surface area contributed by atoms with Gasteiger partial charge >= 0.3 is 0 Å². The molecule has 1 fully saturated rings.